The maximum atomic E-state index is 13.6. The number of benzene rings is 1. The van der Waals surface area contributed by atoms with Crippen LogP contribution in [0.2, 0.25) is 0 Å². The van der Waals surface area contributed by atoms with E-state index in [1.54, 1.807) is 17.9 Å². The first kappa shape index (κ1) is 14.2. The number of nitrogens with one attached hydrogen (secondary N) is 1. The summed E-state index contributed by atoms with van der Waals surface area (Å²) in [5.74, 6) is -1.31. The molecule has 1 aromatic heterocycles. The average molecular weight is 285 g/mol. The quantitative estimate of drug-likeness (QED) is 0.915. The summed E-state index contributed by atoms with van der Waals surface area (Å²) in [5, 5.41) is 7.11. The standard InChI is InChI=1S/C13H14F3N3O/c1-8(11-5-6-17-19(11)2)18-9-3-4-12(10(14)7-9)20-13(15)16/h3-8,13,18H,1-2H3. The molecule has 2 aromatic rings. The van der Waals surface area contributed by atoms with Gasteiger partial charge >= 0.3 is 6.61 Å². The number of anilines is 1. The van der Waals surface area contributed by atoms with Gasteiger partial charge in [-0.3, -0.25) is 4.68 Å². The van der Waals surface area contributed by atoms with Gasteiger partial charge < -0.3 is 10.1 Å². The first-order valence-electron chi connectivity index (χ1n) is 5.96. The number of aryl methyl sites for hydroxylation is 1. The zero-order valence-corrected chi connectivity index (χ0v) is 11.0. The molecule has 0 radical (unpaired) electrons. The molecule has 0 saturated heterocycles. The van der Waals surface area contributed by atoms with Crippen molar-refractivity contribution in [2.75, 3.05) is 5.32 Å². The van der Waals surface area contributed by atoms with E-state index in [1.807, 2.05) is 13.0 Å². The molecule has 108 valence electrons. The molecule has 0 aliphatic carbocycles. The average Bonchev–Trinajstić information content (AvgIpc) is 2.78. The summed E-state index contributed by atoms with van der Waals surface area (Å²) in [6.45, 7) is -1.16. The first-order chi connectivity index (χ1) is 9.47. The summed E-state index contributed by atoms with van der Waals surface area (Å²) in [7, 11) is 1.80. The van der Waals surface area contributed by atoms with Crippen molar-refractivity contribution in [2.45, 2.75) is 19.6 Å². The topological polar surface area (TPSA) is 39.1 Å². The third kappa shape index (κ3) is 3.23. The lowest BCUT2D eigenvalue weighted by molar-refractivity contribution is -0.0521. The van der Waals surface area contributed by atoms with Crippen LogP contribution in [0.1, 0.15) is 18.7 Å². The number of rotatable bonds is 5. The molecule has 7 heteroatoms. The molecule has 2 rings (SSSR count). The van der Waals surface area contributed by atoms with Gasteiger partial charge in [0.1, 0.15) is 0 Å². The van der Waals surface area contributed by atoms with Crippen LogP contribution in [0.5, 0.6) is 5.75 Å². The van der Waals surface area contributed by atoms with Crippen LogP contribution < -0.4 is 10.1 Å². The summed E-state index contributed by atoms with van der Waals surface area (Å²) in [4.78, 5) is 0. The fourth-order valence-electron chi connectivity index (χ4n) is 1.91. The van der Waals surface area contributed by atoms with Crippen molar-refractivity contribution in [3.63, 3.8) is 0 Å². The zero-order chi connectivity index (χ0) is 14.7. The number of nitrogens with zero attached hydrogens (tertiary/aromatic N) is 2. The van der Waals surface area contributed by atoms with Crippen LogP contribution in [0, 0.1) is 5.82 Å². The SMILES string of the molecule is CC(Nc1ccc(OC(F)F)c(F)c1)c1ccnn1C. The largest absolute Gasteiger partial charge is 0.432 e. The summed E-state index contributed by atoms with van der Waals surface area (Å²) < 4.78 is 43.4. The first-order valence-corrected chi connectivity index (χ1v) is 5.96. The van der Waals surface area contributed by atoms with Gasteiger partial charge in [-0.2, -0.15) is 13.9 Å². The molecule has 1 aromatic carbocycles. The van der Waals surface area contributed by atoms with Crippen molar-refractivity contribution in [3.8, 4) is 5.75 Å². The minimum atomic E-state index is -3.04. The fraction of sp³-hybridized carbons (Fsp3) is 0.308. The number of aromatic nitrogens is 2. The van der Waals surface area contributed by atoms with Gasteiger partial charge in [0.05, 0.1) is 11.7 Å². The van der Waals surface area contributed by atoms with Crippen LogP contribution in [-0.4, -0.2) is 16.4 Å². The van der Waals surface area contributed by atoms with Crippen molar-refractivity contribution in [1.29, 1.82) is 0 Å². The molecule has 1 N–H and O–H groups in total. The lowest BCUT2D eigenvalue weighted by Crippen LogP contribution is -2.11. The minimum Gasteiger partial charge on any atom is -0.432 e. The Kier molecular flexibility index (Phi) is 4.16. The van der Waals surface area contributed by atoms with Crippen LogP contribution >= 0.6 is 0 Å². The molecule has 20 heavy (non-hydrogen) atoms. The number of hydrogen-bond donors (Lipinski definition) is 1. The van der Waals surface area contributed by atoms with Gasteiger partial charge in [-0.1, -0.05) is 0 Å². The van der Waals surface area contributed by atoms with Crippen LogP contribution in [0.4, 0.5) is 18.9 Å². The third-order valence-electron chi connectivity index (χ3n) is 2.83. The summed E-state index contributed by atoms with van der Waals surface area (Å²) in [5.41, 5.74) is 1.39. The Balaban J connectivity index is 2.11. The Morgan fingerprint density at radius 2 is 2.05 bits per heavy atom. The molecule has 0 bridgehead atoms. The van der Waals surface area contributed by atoms with Crippen molar-refractivity contribution in [2.24, 2.45) is 7.05 Å². The van der Waals surface area contributed by atoms with E-state index in [4.69, 9.17) is 0 Å². The van der Waals surface area contributed by atoms with E-state index in [0.29, 0.717) is 5.69 Å². The van der Waals surface area contributed by atoms with Gasteiger partial charge in [-0.05, 0) is 25.1 Å². The van der Waals surface area contributed by atoms with Crippen molar-refractivity contribution >= 4 is 5.69 Å². The molecule has 4 nitrogen and oxygen atoms in total. The molecular weight excluding hydrogens is 271 g/mol. The van der Waals surface area contributed by atoms with Gasteiger partial charge in [0.2, 0.25) is 0 Å². The van der Waals surface area contributed by atoms with E-state index in [0.717, 1.165) is 11.8 Å². The van der Waals surface area contributed by atoms with Gasteiger partial charge in [0.15, 0.2) is 11.6 Å². The predicted molar refractivity (Wildman–Crippen MR) is 68.3 cm³/mol. The fourth-order valence-corrected chi connectivity index (χ4v) is 1.91. The third-order valence-corrected chi connectivity index (χ3v) is 2.83. The van der Waals surface area contributed by atoms with Crippen LogP contribution in [0.25, 0.3) is 0 Å². The number of halogens is 3. The van der Waals surface area contributed by atoms with Gasteiger partial charge in [0.25, 0.3) is 0 Å². The molecule has 0 amide bonds. The van der Waals surface area contributed by atoms with Gasteiger partial charge in [-0.25, -0.2) is 4.39 Å². The molecule has 0 fully saturated rings. The predicted octanol–water partition coefficient (Wildman–Crippen LogP) is 3.33. The van der Waals surface area contributed by atoms with E-state index in [-0.39, 0.29) is 6.04 Å². The summed E-state index contributed by atoms with van der Waals surface area (Å²) in [6, 6.07) is 5.49. The van der Waals surface area contributed by atoms with E-state index in [2.05, 4.69) is 15.2 Å². The number of alkyl halides is 2. The van der Waals surface area contributed by atoms with Gasteiger partial charge in [-0.15, -0.1) is 0 Å². The monoisotopic (exact) mass is 285 g/mol. The van der Waals surface area contributed by atoms with E-state index >= 15 is 0 Å². The second kappa shape index (κ2) is 5.85. The smallest absolute Gasteiger partial charge is 0.387 e. The van der Waals surface area contributed by atoms with Crippen molar-refractivity contribution in [3.05, 3.63) is 42.0 Å². The molecular formula is C13H14F3N3O. The lowest BCUT2D eigenvalue weighted by Gasteiger charge is -2.16. The number of hydrogen-bond acceptors (Lipinski definition) is 3. The van der Waals surface area contributed by atoms with Crippen molar-refractivity contribution < 1.29 is 17.9 Å². The highest BCUT2D eigenvalue weighted by Crippen LogP contribution is 2.25. The van der Waals surface area contributed by atoms with Crippen molar-refractivity contribution in [1.82, 2.24) is 9.78 Å². The van der Waals surface area contributed by atoms with Crippen LogP contribution in [0.15, 0.2) is 30.5 Å². The summed E-state index contributed by atoms with van der Waals surface area (Å²) >= 11 is 0. The normalized spacial score (nSPS) is 12.5. The second-order valence-electron chi connectivity index (χ2n) is 4.27. The molecule has 0 aliphatic rings. The number of ether oxygens (including phenoxy) is 1. The highest BCUT2D eigenvalue weighted by molar-refractivity contribution is 5.48. The Labute approximate surface area is 114 Å². The van der Waals surface area contributed by atoms with Gasteiger partial charge in [0, 0.05) is 25.0 Å². The highest BCUT2D eigenvalue weighted by atomic mass is 19.3. The Morgan fingerprint density at radius 3 is 2.60 bits per heavy atom. The van der Waals surface area contributed by atoms with Crippen LogP contribution in [0.3, 0.4) is 0 Å². The second-order valence-corrected chi connectivity index (χ2v) is 4.27. The maximum absolute atomic E-state index is 13.6. The Hall–Kier alpha value is -2.18. The minimum absolute atomic E-state index is 0.108. The molecule has 0 aliphatic heterocycles. The zero-order valence-electron chi connectivity index (χ0n) is 11.0. The summed E-state index contributed by atoms with van der Waals surface area (Å²) in [6.07, 6.45) is 1.66. The van der Waals surface area contributed by atoms with Crippen LogP contribution in [-0.2, 0) is 7.05 Å². The Bertz CT molecular complexity index is 586. The highest BCUT2D eigenvalue weighted by Gasteiger charge is 2.13. The molecule has 1 unspecified atom stereocenters. The maximum Gasteiger partial charge on any atom is 0.387 e. The van der Waals surface area contributed by atoms with E-state index in [9.17, 15) is 13.2 Å². The lowest BCUT2D eigenvalue weighted by atomic mass is 10.2. The molecule has 0 saturated carbocycles. The Morgan fingerprint density at radius 1 is 1.30 bits per heavy atom. The molecule has 1 atom stereocenters. The van der Waals surface area contributed by atoms with E-state index < -0.39 is 18.2 Å². The van der Waals surface area contributed by atoms with E-state index in [1.165, 1.54) is 12.1 Å². The molecule has 0 spiro atoms. The molecule has 1 heterocycles.